The number of anilines is 1. The van der Waals surface area contributed by atoms with E-state index < -0.39 is 0 Å². The topological polar surface area (TPSA) is 65.7 Å². The lowest BCUT2D eigenvalue weighted by Crippen LogP contribution is -2.51. The van der Waals surface area contributed by atoms with Crippen molar-refractivity contribution < 1.29 is 4.52 Å². The Hall–Kier alpha value is -2.21. The highest BCUT2D eigenvalue weighted by atomic mass is 35.5. The molecule has 1 saturated heterocycles. The summed E-state index contributed by atoms with van der Waals surface area (Å²) in [5.74, 6) is 1.72. The zero-order valence-corrected chi connectivity index (χ0v) is 17.0. The highest BCUT2D eigenvalue weighted by molar-refractivity contribution is 6.33. The Morgan fingerprint density at radius 1 is 1.37 bits per heavy atom. The number of nitrogens with zero attached hydrogens (tertiary/aromatic N) is 3. The molecule has 7 heteroatoms. The van der Waals surface area contributed by atoms with Gasteiger partial charge in [0.05, 0.1) is 16.4 Å². The summed E-state index contributed by atoms with van der Waals surface area (Å²) in [4.78, 5) is 6.72. The van der Waals surface area contributed by atoms with Crippen LogP contribution in [0.4, 0.5) is 5.69 Å². The Morgan fingerprint density at radius 3 is 2.89 bits per heavy atom. The van der Waals surface area contributed by atoms with E-state index in [2.05, 4.69) is 31.7 Å². The van der Waals surface area contributed by atoms with Gasteiger partial charge in [-0.3, -0.25) is 4.99 Å². The molecule has 1 unspecified atom stereocenters. The lowest BCUT2D eigenvalue weighted by molar-refractivity contribution is 0.392. The Labute approximate surface area is 166 Å². The van der Waals surface area contributed by atoms with E-state index in [-0.39, 0.29) is 0 Å². The molecule has 146 valence electrons. The summed E-state index contributed by atoms with van der Waals surface area (Å²) in [5.41, 5.74) is 3.23. The number of guanidine groups is 1. The van der Waals surface area contributed by atoms with Crippen LogP contribution >= 0.6 is 11.6 Å². The molecule has 0 amide bonds. The summed E-state index contributed by atoms with van der Waals surface area (Å²) in [5, 5.41) is 11.8. The second-order valence-electron chi connectivity index (χ2n) is 6.93. The number of halogens is 1. The number of para-hydroxylation sites is 1. The molecule has 1 aliphatic heterocycles. The van der Waals surface area contributed by atoms with Gasteiger partial charge in [-0.05, 0) is 45.2 Å². The third-order valence-electron chi connectivity index (χ3n) is 5.03. The van der Waals surface area contributed by atoms with Crippen molar-refractivity contribution >= 4 is 23.2 Å². The summed E-state index contributed by atoms with van der Waals surface area (Å²) in [6.45, 7) is 6.65. The molecule has 2 aromatic rings. The first-order valence-corrected chi connectivity index (χ1v) is 9.84. The standard InChI is InChI=1S/C20H28ClN5O/c1-14-17(15(2)27-25-14)10-11-23-20(22-3)24-16-7-6-12-26(13-16)19-9-5-4-8-18(19)21/h4-5,8-9,16H,6-7,10-13H2,1-3H3,(H2,22,23,24). The largest absolute Gasteiger partial charge is 0.368 e. The second kappa shape index (κ2) is 9.13. The van der Waals surface area contributed by atoms with Crippen molar-refractivity contribution in [1.82, 2.24) is 15.8 Å². The first kappa shape index (κ1) is 19.5. The Balaban J connectivity index is 1.52. The molecule has 1 atom stereocenters. The van der Waals surface area contributed by atoms with Crippen molar-refractivity contribution in [3.63, 3.8) is 0 Å². The minimum absolute atomic E-state index is 0.334. The molecule has 6 nitrogen and oxygen atoms in total. The molecule has 1 fully saturated rings. The summed E-state index contributed by atoms with van der Waals surface area (Å²) >= 11 is 6.37. The zero-order valence-electron chi connectivity index (χ0n) is 16.3. The molecule has 1 aromatic heterocycles. The van der Waals surface area contributed by atoms with Gasteiger partial charge in [-0.2, -0.15) is 0 Å². The normalized spacial score (nSPS) is 17.9. The van der Waals surface area contributed by atoms with E-state index in [0.29, 0.717) is 6.04 Å². The van der Waals surface area contributed by atoms with Crippen LogP contribution in [0.3, 0.4) is 0 Å². The number of aliphatic imine (C=N–C) groups is 1. The van der Waals surface area contributed by atoms with E-state index in [0.717, 1.165) is 67.0 Å². The van der Waals surface area contributed by atoms with Crippen molar-refractivity contribution in [2.75, 3.05) is 31.6 Å². The average molecular weight is 390 g/mol. The van der Waals surface area contributed by atoms with Gasteiger partial charge in [0.2, 0.25) is 0 Å². The van der Waals surface area contributed by atoms with Crippen molar-refractivity contribution in [3.05, 3.63) is 46.3 Å². The summed E-state index contributed by atoms with van der Waals surface area (Å²) in [6.07, 6.45) is 3.10. The van der Waals surface area contributed by atoms with E-state index in [1.165, 1.54) is 5.56 Å². The van der Waals surface area contributed by atoms with Gasteiger partial charge in [-0.25, -0.2) is 0 Å². The summed E-state index contributed by atoms with van der Waals surface area (Å²) in [6, 6.07) is 8.37. The predicted molar refractivity (Wildman–Crippen MR) is 111 cm³/mol. The average Bonchev–Trinajstić information content (AvgIpc) is 2.99. The van der Waals surface area contributed by atoms with Crippen LogP contribution in [0.5, 0.6) is 0 Å². The lowest BCUT2D eigenvalue weighted by Gasteiger charge is -2.35. The van der Waals surface area contributed by atoms with Crippen LogP contribution in [0.25, 0.3) is 0 Å². The highest BCUT2D eigenvalue weighted by Crippen LogP contribution is 2.27. The third-order valence-corrected chi connectivity index (χ3v) is 5.35. The van der Waals surface area contributed by atoms with Crippen molar-refractivity contribution in [2.45, 2.75) is 39.2 Å². The number of aryl methyl sites for hydroxylation is 2. The molecule has 0 aliphatic carbocycles. The summed E-state index contributed by atoms with van der Waals surface area (Å²) in [7, 11) is 1.81. The first-order valence-electron chi connectivity index (χ1n) is 9.47. The SMILES string of the molecule is CN=C(NCCc1c(C)noc1C)NC1CCCN(c2ccccc2Cl)C1. The maximum Gasteiger partial charge on any atom is 0.191 e. The van der Waals surface area contributed by atoms with Gasteiger partial charge < -0.3 is 20.1 Å². The molecule has 0 radical (unpaired) electrons. The van der Waals surface area contributed by atoms with E-state index >= 15 is 0 Å². The highest BCUT2D eigenvalue weighted by Gasteiger charge is 2.22. The van der Waals surface area contributed by atoms with Crippen LogP contribution in [0, 0.1) is 13.8 Å². The maximum atomic E-state index is 6.37. The van der Waals surface area contributed by atoms with Crippen LogP contribution in [-0.2, 0) is 6.42 Å². The van der Waals surface area contributed by atoms with Gasteiger partial charge in [-0.15, -0.1) is 0 Å². The fourth-order valence-electron chi connectivity index (χ4n) is 3.57. The van der Waals surface area contributed by atoms with Crippen molar-refractivity contribution in [3.8, 4) is 0 Å². The molecule has 0 bridgehead atoms. The number of aromatic nitrogens is 1. The fourth-order valence-corrected chi connectivity index (χ4v) is 3.83. The fraction of sp³-hybridized carbons (Fsp3) is 0.500. The number of piperidine rings is 1. The summed E-state index contributed by atoms with van der Waals surface area (Å²) < 4.78 is 5.22. The number of hydrogen-bond donors (Lipinski definition) is 2. The Morgan fingerprint density at radius 2 is 2.19 bits per heavy atom. The minimum atomic E-state index is 0.334. The number of rotatable bonds is 5. The van der Waals surface area contributed by atoms with Crippen LogP contribution in [-0.4, -0.2) is 43.8 Å². The molecule has 1 aliphatic rings. The van der Waals surface area contributed by atoms with Crippen LogP contribution < -0.4 is 15.5 Å². The molecule has 27 heavy (non-hydrogen) atoms. The molecular formula is C20H28ClN5O. The molecule has 1 aromatic carbocycles. The third kappa shape index (κ3) is 4.95. The van der Waals surface area contributed by atoms with Crippen LogP contribution in [0.15, 0.2) is 33.8 Å². The lowest BCUT2D eigenvalue weighted by atomic mass is 10.0. The van der Waals surface area contributed by atoms with Gasteiger partial charge in [0.1, 0.15) is 5.76 Å². The molecule has 2 heterocycles. The van der Waals surface area contributed by atoms with E-state index in [4.69, 9.17) is 16.1 Å². The number of benzene rings is 1. The molecule has 0 spiro atoms. The van der Waals surface area contributed by atoms with E-state index in [9.17, 15) is 0 Å². The van der Waals surface area contributed by atoms with Crippen LogP contribution in [0.1, 0.15) is 29.9 Å². The quantitative estimate of drug-likeness (QED) is 0.606. The Kier molecular flexibility index (Phi) is 6.61. The molecule has 2 N–H and O–H groups in total. The van der Waals surface area contributed by atoms with Crippen molar-refractivity contribution in [2.24, 2.45) is 4.99 Å². The number of hydrogen-bond acceptors (Lipinski definition) is 4. The van der Waals surface area contributed by atoms with Gasteiger partial charge in [-0.1, -0.05) is 28.9 Å². The Bertz CT molecular complexity index is 769. The van der Waals surface area contributed by atoms with Gasteiger partial charge in [0, 0.05) is 38.3 Å². The van der Waals surface area contributed by atoms with E-state index in [1.54, 1.807) is 7.05 Å². The van der Waals surface area contributed by atoms with Gasteiger partial charge >= 0.3 is 0 Å². The van der Waals surface area contributed by atoms with Gasteiger partial charge in [0.15, 0.2) is 5.96 Å². The first-order chi connectivity index (χ1) is 13.1. The van der Waals surface area contributed by atoms with Crippen LogP contribution in [0.2, 0.25) is 5.02 Å². The minimum Gasteiger partial charge on any atom is -0.368 e. The molecule has 3 rings (SSSR count). The molecular weight excluding hydrogens is 362 g/mol. The zero-order chi connectivity index (χ0) is 19.2. The van der Waals surface area contributed by atoms with Crippen molar-refractivity contribution in [1.29, 1.82) is 0 Å². The second-order valence-corrected chi connectivity index (χ2v) is 7.34. The maximum absolute atomic E-state index is 6.37. The number of nitrogens with one attached hydrogen (secondary N) is 2. The van der Waals surface area contributed by atoms with E-state index in [1.807, 2.05) is 32.0 Å². The monoisotopic (exact) mass is 389 g/mol. The van der Waals surface area contributed by atoms with Gasteiger partial charge in [0.25, 0.3) is 0 Å². The predicted octanol–water partition coefficient (Wildman–Crippen LogP) is 3.32. The smallest absolute Gasteiger partial charge is 0.191 e. The molecule has 0 saturated carbocycles.